The highest BCUT2D eigenvalue weighted by Gasteiger charge is 2.33. The summed E-state index contributed by atoms with van der Waals surface area (Å²) in [6.07, 6.45) is 1.54. The van der Waals surface area contributed by atoms with E-state index in [1.807, 2.05) is 6.92 Å². The van der Waals surface area contributed by atoms with Gasteiger partial charge < -0.3 is 10.1 Å². The van der Waals surface area contributed by atoms with E-state index in [0.29, 0.717) is 24.3 Å². The van der Waals surface area contributed by atoms with Crippen LogP contribution in [0.3, 0.4) is 0 Å². The standard InChI is InChI=1S/C11H19N3O3/c1-4-6-8-9(10(15)17-5-2)7(3)14(12)11(16)13-8/h8H,4-6,12H2,1-3H3,(H,13,16)/t8-/m1/s1. The number of hydrogen-bond acceptors (Lipinski definition) is 4. The van der Waals surface area contributed by atoms with Crippen LogP contribution in [0.1, 0.15) is 33.6 Å². The molecular formula is C11H19N3O3. The average molecular weight is 241 g/mol. The molecule has 3 N–H and O–H groups in total. The number of hydrogen-bond donors (Lipinski definition) is 2. The molecule has 0 fully saturated rings. The Kier molecular flexibility index (Phi) is 4.51. The van der Waals surface area contributed by atoms with Gasteiger partial charge in [0, 0.05) is 5.70 Å². The Labute approximate surface area is 101 Å². The summed E-state index contributed by atoms with van der Waals surface area (Å²) < 4.78 is 4.98. The summed E-state index contributed by atoms with van der Waals surface area (Å²) in [4.78, 5) is 23.4. The van der Waals surface area contributed by atoms with Gasteiger partial charge in [0.2, 0.25) is 0 Å². The minimum atomic E-state index is -0.418. The number of urea groups is 1. The van der Waals surface area contributed by atoms with Gasteiger partial charge in [-0.1, -0.05) is 13.3 Å². The molecule has 0 aliphatic carbocycles. The number of carbonyl (C=O) groups is 2. The third-order valence-corrected chi connectivity index (χ3v) is 2.69. The molecule has 1 aliphatic rings. The van der Waals surface area contributed by atoms with Crippen LogP contribution in [0.4, 0.5) is 4.79 Å². The summed E-state index contributed by atoms with van der Waals surface area (Å²) in [5, 5.41) is 3.63. The fourth-order valence-electron chi connectivity index (χ4n) is 1.83. The molecule has 0 bridgehead atoms. The molecule has 0 aromatic carbocycles. The summed E-state index contributed by atoms with van der Waals surface area (Å²) in [6, 6.07) is -0.708. The van der Waals surface area contributed by atoms with Gasteiger partial charge >= 0.3 is 12.0 Å². The summed E-state index contributed by atoms with van der Waals surface area (Å²) in [7, 11) is 0. The first-order valence-corrected chi connectivity index (χ1v) is 5.76. The van der Waals surface area contributed by atoms with E-state index in [0.717, 1.165) is 11.4 Å². The highest BCUT2D eigenvalue weighted by Crippen LogP contribution is 2.21. The van der Waals surface area contributed by atoms with Crippen LogP contribution >= 0.6 is 0 Å². The third kappa shape index (κ3) is 2.76. The number of rotatable bonds is 4. The predicted octanol–water partition coefficient (Wildman–Crippen LogP) is 0.891. The van der Waals surface area contributed by atoms with Gasteiger partial charge in [-0.05, 0) is 20.3 Å². The van der Waals surface area contributed by atoms with E-state index in [1.165, 1.54) is 0 Å². The molecule has 1 atom stereocenters. The van der Waals surface area contributed by atoms with Gasteiger partial charge in [-0.25, -0.2) is 20.4 Å². The van der Waals surface area contributed by atoms with Gasteiger partial charge in [0.05, 0.1) is 18.2 Å². The number of allylic oxidation sites excluding steroid dienone is 1. The van der Waals surface area contributed by atoms with Crippen molar-refractivity contribution >= 4 is 12.0 Å². The molecule has 6 heteroatoms. The Balaban J connectivity index is 3.05. The van der Waals surface area contributed by atoms with E-state index in [2.05, 4.69) is 5.32 Å². The molecule has 0 saturated carbocycles. The topological polar surface area (TPSA) is 84.7 Å². The first-order chi connectivity index (χ1) is 8.02. The van der Waals surface area contributed by atoms with Gasteiger partial charge in [-0.2, -0.15) is 0 Å². The molecule has 17 heavy (non-hydrogen) atoms. The van der Waals surface area contributed by atoms with Crippen molar-refractivity contribution in [2.24, 2.45) is 5.84 Å². The molecule has 0 spiro atoms. The Morgan fingerprint density at radius 1 is 1.53 bits per heavy atom. The zero-order valence-electron chi connectivity index (χ0n) is 10.4. The zero-order chi connectivity index (χ0) is 13.0. The van der Waals surface area contributed by atoms with Crippen LogP contribution in [0.25, 0.3) is 0 Å². The maximum absolute atomic E-state index is 11.8. The molecule has 6 nitrogen and oxygen atoms in total. The smallest absolute Gasteiger partial charge is 0.337 e. The minimum Gasteiger partial charge on any atom is -0.463 e. The van der Waals surface area contributed by atoms with Gasteiger partial charge in [0.1, 0.15) is 0 Å². The van der Waals surface area contributed by atoms with Crippen molar-refractivity contribution < 1.29 is 14.3 Å². The van der Waals surface area contributed by atoms with Gasteiger partial charge in [-0.3, -0.25) is 0 Å². The predicted molar refractivity (Wildman–Crippen MR) is 62.6 cm³/mol. The quantitative estimate of drug-likeness (QED) is 0.435. The van der Waals surface area contributed by atoms with Crippen LogP contribution in [0.15, 0.2) is 11.3 Å². The highest BCUT2D eigenvalue weighted by atomic mass is 16.5. The number of nitrogens with one attached hydrogen (secondary N) is 1. The molecule has 96 valence electrons. The Morgan fingerprint density at radius 2 is 2.18 bits per heavy atom. The average Bonchev–Trinajstić information content (AvgIpc) is 2.27. The third-order valence-electron chi connectivity index (χ3n) is 2.69. The number of nitrogens with two attached hydrogens (primary N) is 1. The minimum absolute atomic E-state index is 0.299. The largest absolute Gasteiger partial charge is 0.463 e. The van der Waals surface area contributed by atoms with E-state index in [4.69, 9.17) is 10.6 Å². The Morgan fingerprint density at radius 3 is 2.71 bits per heavy atom. The summed E-state index contributed by atoms with van der Waals surface area (Å²) in [5.41, 5.74) is 0.890. The van der Waals surface area contributed by atoms with E-state index in [-0.39, 0.29) is 6.04 Å². The number of carbonyl (C=O) groups excluding carboxylic acids is 2. The lowest BCUT2D eigenvalue weighted by Gasteiger charge is -2.32. The van der Waals surface area contributed by atoms with E-state index in [1.54, 1.807) is 13.8 Å². The summed E-state index contributed by atoms with van der Waals surface area (Å²) in [5.74, 6) is 5.14. The number of hydrazine groups is 1. The monoisotopic (exact) mass is 241 g/mol. The summed E-state index contributed by atoms with van der Waals surface area (Å²) in [6.45, 7) is 5.67. The summed E-state index contributed by atoms with van der Waals surface area (Å²) >= 11 is 0. The fraction of sp³-hybridized carbons (Fsp3) is 0.636. The first kappa shape index (κ1) is 13.5. The van der Waals surface area contributed by atoms with Crippen LogP contribution in [0.5, 0.6) is 0 Å². The Hall–Kier alpha value is -1.56. The maximum Gasteiger partial charge on any atom is 0.337 e. The lowest BCUT2D eigenvalue weighted by atomic mass is 9.99. The second kappa shape index (κ2) is 5.67. The van der Waals surface area contributed by atoms with Crippen LogP contribution in [0.2, 0.25) is 0 Å². The second-order valence-electron chi connectivity index (χ2n) is 3.88. The number of esters is 1. The van der Waals surface area contributed by atoms with Crippen LogP contribution in [0, 0.1) is 0 Å². The lowest BCUT2D eigenvalue weighted by Crippen LogP contribution is -2.54. The van der Waals surface area contributed by atoms with Crippen molar-refractivity contribution in [3.05, 3.63) is 11.3 Å². The lowest BCUT2D eigenvalue weighted by molar-refractivity contribution is -0.139. The van der Waals surface area contributed by atoms with Gasteiger partial charge in [0.25, 0.3) is 0 Å². The molecule has 0 saturated heterocycles. The van der Waals surface area contributed by atoms with Crippen LogP contribution in [-0.2, 0) is 9.53 Å². The van der Waals surface area contributed by atoms with Crippen molar-refractivity contribution in [1.82, 2.24) is 10.3 Å². The molecule has 2 amide bonds. The zero-order valence-corrected chi connectivity index (χ0v) is 10.4. The maximum atomic E-state index is 11.8. The van der Waals surface area contributed by atoms with Crippen LogP contribution < -0.4 is 11.2 Å². The number of ether oxygens (including phenoxy) is 1. The molecule has 1 aliphatic heterocycles. The SMILES string of the molecule is CCC[C@H]1NC(=O)N(N)C(C)=C1C(=O)OCC. The molecule has 0 aromatic heterocycles. The van der Waals surface area contributed by atoms with Crippen LogP contribution in [-0.4, -0.2) is 29.7 Å². The van der Waals surface area contributed by atoms with Crippen molar-refractivity contribution in [2.75, 3.05) is 6.61 Å². The first-order valence-electron chi connectivity index (χ1n) is 5.76. The van der Waals surface area contributed by atoms with Crippen molar-refractivity contribution in [3.8, 4) is 0 Å². The molecule has 0 unspecified atom stereocenters. The number of amides is 2. The number of nitrogens with zero attached hydrogens (tertiary/aromatic N) is 1. The normalized spacial score (nSPS) is 20.4. The second-order valence-corrected chi connectivity index (χ2v) is 3.88. The van der Waals surface area contributed by atoms with E-state index < -0.39 is 12.0 Å². The van der Waals surface area contributed by atoms with Crippen molar-refractivity contribution in [3.63, 3.8) is 0 Å². The Bertz CT molecular complexity index is 352. The van der Waals surface area contributed by atoms with E-state index in [9.17, 15) is 9.59 Å². The van der Waals surface area contributed by atoms with E-state index >= 15 is 0 Å². The molecule has 0 radical (unpaired) electrons. The van der Waals surface area contributed by atoms with Crippen molar-refractivity contribution in [1.29, 1.82) is 0 Å². The highest BCUT2D eigenvalue weighted by molar-refractivity contribution is 5.94. The van der Waals surface area contributed by atoms with Gasteiger partial charge in [-0.15, -0.1) is 0 Å². The molecule has 0 aromatic rings. The van der Waals surface area contributed by atoms with Gasteiger partial charge in [0.15, 0.2) is 0 Å². The molecule has 1 rings (SSSR count). The fourth-order valence-corrected chi connectivity index (χ4v) is 1.83. The van der Waals surface area contributed by atoms with Crippen molar-refractivity contribution in [2.45, 2.75) is 39.7 Å². The molecule has 1 heterocycles. The molecular weight excluding hydrogens is 222 g/mol.